The number of rotatable bonds is 4. The lowest BCUT2D eigenvalue weighted by Gasteiger charge is -2.19. The predicted octanol–water partition coefficient (Wildman–Crippen LogP) is 3.99. The molecule has 0 aliphatic heterocycles. The molecule has 0 heterocycles. The zero-order chi connectivity index (χ0) is 13.6. The van der Waals surface area contributed by atoms with E-state index in [0.717, 1.165) is 23.7 Å². The van der Waals surface area contributed by atoms with Gasteiger partial charge >= 0.3 is 0 Å². The molecule has 0 fully saturated rings. The molecule has 0 aliphatic carbocycles. The van der Waals surface area contributed by atoms with Gasteiger partial charge in [0, 0.05) is 17.7 Å². The third-order valence-corrected chi connectivity index (χ3v) is 8.28. The van der Waals surface area contributed by atoms with Crippen molar-refractivity contribution in [1.82, 2.24) is 0 Å². The molecule has 0 saturated heterocycles. The molecule has 1 aromatic rings. The Hall–Kier alpha value is -1.60. The molecule has 3 nitrogen and oxygen atoms in total. The van der Waals surface area contributed by atoms with Crippen LogP contribution >= 0.6 is 0 Å². The molecule has 0 saturated carbocycles. The first-order valence-electron chi connectivity index (χ1n) is 6.34. The maximum Gasteiger partial charge on any atom is 0.270 e. The lowest BCUT2D eigenvalue weighted by atomic mass is 10.2. The Balaban J connectivity index is 3.04. The summed E-state index contributed by atoms with van der Waals surface area (Å²) in [6, 6.07) is 9.99. The lowest BCUT2D eigenvalue weighted by Crippen LogP contribution is -2.29. The largest absolute Gasteiger partial charge is 0.270 e. The van der Waals surface area contributed by atoms with Gasteiger partial charge in [-0.05, 0) is 24.2 Å². The van der Waals surface area contributed by atoms with Crippen LogP contribution < -0.4 is 0 Å². The van der Waals surface area contributed by atoms with E-state index in [1.807, 2.05) is 6.07 Å². The third kappa shape index (κ3) is 3.44. The number of benzene rings is 1. The van der Waals surface area contributed by atoms with Gasteiger partial charge in [0.15, 0.2) is 0 Å². The Morgan fingerprint density at radius 3 is 2.33 bits per heavy atom. The number of hydrogen-bond acceptors (Lipinski definition) is 2. The normalized spacial score (nSPS) is 10.6. The van der Waals surface area contributed by atoms with Crippen LogP contribution in [0.4, 0.5) is 5.69 Å². The summed E-state index contributed by atoms with van der Waals surface area (Å²) in [4.78, 5) is 10.3. The average molecular weight is 261 g/mol. The predicted molar refractivity (Wildman–Crippen MR) is 77.2 cm³/mol. The topological polar surface area (TPSA) is 43.1 Å². The second-order valence-electron chi connectivity index (χ2n) is 4.40. The second kappa shape index (κ2) is 6.36. The molecule has 0 aromatic heterocycles. The third-order valence-electron chi connectivity index (χ3n) is 3.56. The fourth-order valence-electron chi connectivity index (χ4n) is 1.92. The van der Waals surface area contributed by atoms with E-state index in [-0.39, 0.29) is 10.6 Å². The average Bonchev–Trinajstić information content (AvgIpc) is 2.41. The molecule has 0 bridgehead atoms. The Bertz CT molecular complexity index is 476. The van der Waals surface area contributed by atoms with Crippen LogP contribution in [0.2, 0.25) is 18.1 Å². The monoisotopic (exact) mass is 261 g/mol. The summed E-state index contributed by atoms with van der Waals surface area (Å²) in [5, 5.41) is 10.7. The van der Waals surface area contributed by atoms with Crippen LogP contribution in [0.3, 0.4) is 0 Å². The number of non-ortho nitro benzene ring substituents is 1. The zero-order valence-corrected chi connectivity index (χ0v) is 12.2. The van der Waals surface area contributed by atoms with E-state index >= 15 is 0 Å². The van der Waals surface area contributed by atoms with Crippen molar-refractivity contribution in [3.63, 3.8) is 0 Å². The highest BCUT2D eigenvalue weighted by Crippen LogP contribution is 2.19. The Kier molecular flexibility index (Phi) is 5.11. The van der Waals surface area contributed by atoms with Crippen LogP contribution in [0, 0.1) is 21.6 Å². The number of nitro groups is 1. The van der Waals surface area contributed by atoms with Crippen LogP contribution in [0.25, 0.3) is 0 Å². The van der Waals surface area contributed by atoms with E-state index in [2.05, 4.69) is 32.2 Å². The molecule has 0 N–H and O–H groups in total. The van der Waals surface area contributed by atoms with E-state index in [9.17, 15) is 10.1 Å². The first kappa shape index (κ1) is 14.5. The maximum absolute atomic E-state index is 10.7. The zero-order valence-electron chi connectivity index (χ0n) is 11.2. The standard InChI is InChI=1S/C14H19NO2Si/c1-4-18(5-2,6-3)11-10-13-8-7-9-14(12-13)15(16)17/h7-9,12H,4-6H2,1-3H3. The van der Waals surface area contributed by atoms with Gasteiger partial charge in [0.25, 0.3) is 5.69 Å². The van der Waals surface area contributed by atoms with Gasteiger partial charge in [0.05, 0.1) is 4.92 Å². The minimum absolute atomic E-state index is 0.110. The van der Waals surface area contributed by atoms with Crippen LogP contribution in [0.5, 0.6) is 0 Å². The Labute approximate surface area is 109 Å². The van der Waals surface area contributed by atoms with Crippen LogP contribution in [0.15, 0.2) is 24.3 Å². The highest BCUT2D eigenvalue weighted by molar-refractivity contribution is 6.87. The molecular formula is C14H19NO2Si. The molecule has 0 unspecified atom stereocenters. The van der Waals surface area contributed by atoms with Gasteiger partial charge in [-0.25, -0.2) is 0 Å². The number of nitrogens with zero attached hydrogens (tertiary/aromatic N) is 1. The fraction of sp³-hybridized carbons (Fsp3) is 0.429. The van der Waals surface area contributed by atoms with Gasteiger partial charge < -0.3 is 0 Å². The lowest BCUT2D eigenvalue weighted by molar-refractivity contribution is -0.384. The molecule has 0 amide bonds. The second-order valence-corrected chi connectivity index (χ2v) is 9.33. The number of nitro benzene ring substituents is 1. The molecule has 0 spiro atoms. The van der Waals surface area contributed by atoms with Gasteiger partial charge in [-0.2, -0.15) is 0 Å². The molecule has 0 aliphatic rings. The van der Waals surface area contributed by atoms with Crippen molar-refractivity contribution in [3.8, 4) is 11.5 Å². The van der Waals surface area contributed by atoms with E-state index < -0.39 is 8.07 Å². The van der Waals surface area contributed by atoms with E-state index in [0.29, 0.717) is 0 Å². The molecule has 0 radical (unpaired) electrons. The summed E-state index contributed by atoms with van der Waals surface area (Å²) >= 11 is 0. The van der Waals surface area contributed by atoms with Gasteiger partial charge in [-0.3, -0.25) is 10.1 Å². The van der Waals surface area contributed by atoms with Crippen molar-refractivity contribution in [1.29, 1.82) is 0 Å². The summed E-state index contributed by atoms with van der Waals surface area (Å²) < 4.78 is 0. The van der Waals surface area contributed by atoms with E-state index in [1.165, 1.54) is 6.07 Å². The van der Waals surface area contributed by atoms with Gasteiger partial charge in [-0.15, -0.1) is 5.54 Å². The van der Waals surface area contributed by atoms with Gasteiger partial charge in [0.2, 0.25) is 0 Å². The SMILES string of the molecule is CC[Si](C#Cc1cccc([N+](=O)[O-])c1)(CC)CC. The van der Waals surface area contributed by atoms with E-state index in [4.69, 9.17) is 0 Å². The molecule has 1 rings (SSSR count). The number of hydrogen-bond donors (Lipinski definition) is 0. The molecule has 4 heteroatoms. The van der Waals surface area contributed by atoms with Crippen LogP contribution in [-0.2, 0) is 0 Å². The van der Waals surface area contributed by atoms with Gasteiger partial charge in [0.1, 0.15) is 8.07 Å². The Morgan fingerprint density at radius 1 is 1.22 bits per heavy atom. The first-order valence-corrected chi connectivity index (χ1v) is 8.96. The quantitative estimate of drug-likeness (QED) is 0.356. The molecule has 0 atom stereocenters. The fourth-order valence-corrected chi connectivity index (χ4v) is 4.36. The van der Waals surface area contributed by atoms with Crippen molar-refractivity contribution in [2.45, 2.75) is 38.9 Å². The molecular weight excluding hydrogens is 242 g/mol. The summed E-state index contributed by atoms with van der Waals surface area (Å²) in [5.74, 6) is 3.14. The van der Waals surface area contributed by atoms with Crippen molar-refractivity contribution in [2.24, 2.45) is 0 Å². The molecule has 96 valence electrons. The highest BCUT2D eigenvalue weighted by Gasteiger charge is 2.24. The molecule has 1 aromatic carbocycles. The minimum Gasteiger partial charge on any atom is -0.258 e. The summed E-state index contributed by atoms with van der Waals surface area (Å²) in [5.41, 5.74) is 4.29. The van der Waals surface area contributed by atoms with Crippen molar-refractivity contribution in [3.05, 3.63) is 39.9 Å². The maximum atomic E-state index is 10.7. The summed E-state index contributed by atoms with van der Waals surface area (Å²) in [6.45, 7) is 6.59. The van der Waals surface area contributed by atoms with Gasteiger partial charge in [-0.1, -0.05) is 32.8 Å². The van der Waals surface area contributed by atoms with Crippen molar-refractivity contribution in [2.75, 3.05) is 0 Å². The first-order chi connectivity index (χ1) is 8.56. The Morgan fingerprint density at radius 2 is 1.83 bits per heavy atom. The molecule has 18 heavy (non-hydrogen) atoms. The van der Waals surface area contributed by atoms with Crippen LogP contribution in [-0.4, -0.2) is 13.0 Å². The van der Waals surface area contributed by atoms with Crippen LogP contribution in [0.1, 0.15) is 26.3 Å². The highest BCUT2D eigenvalue weighted by atomic mass is 28.3. The van der Waals surface area contributed by atoms with E-state index in [1.54, 1.807) is 12.1 Å². The minimum atomic E-state index is -1.48. The smallest absolute Gasteiger partial charge is 0.258 e. The van der Waals surface area contributed by atoms with Crippen molar-refractivity contribution < 1.29 is 4.92 Å². The summed E-state index contributed by atoms with van der Waals surface area (Å²) in [7, 11) is -1.48. The summed E-state index contributed by atoms with van der Waals surface area (Å²) in [6.07, 6.45) is 0. The van der Waals surface area contributed by atoms with Crippen molar-refractivity contribution >= 4 is 13.8 Å².